The lowest BCUT2D eigenvalue weighted by molar-refractivity contribution is -0.123. The number of rotatable bonds is 53. The lowest BCUT2D eigenvalue weighted by atomic mass is 10.0. The number of amides is 1. The Morgan fingerprint density at radius 1 is 0.352 bits per heavy atom. The summed E-state index contributed by atoms with van der Waals surface area (Å²) in [7, 11) is 0. The Kier molecular flexibility index (Phi) is 57.9. The summed E-state index contributed by atoms with van der Waals surface area (Å²) in [5.41, 5.74) is 0. The Bertz CT molecular complexity index is 1440. The number of nitrogens with one attached hydrogen (secondary N) is 1. The molecular formula is C67H113NO3. The van der Waals surface area contributed by atoms with Crippen molar-refractivity contribution in [3.8, 4) is 0 Å². The summed E-state index contributed by atoms with van der Waals surface area (Å²) in [5, 5.41) is 23.2. The summed E-state index contributed by atoms with van der Waals surface area (Å²) in [6.45, 7) is 4.18. The van der Waals surface area contributed by atoms with Crippen LogP contribution in [0.3, 0.4) is 0 Å². The number of aliphatic hydroxyl groups is 2. The zero-order valence-electron chi connectivity index (χ0n) is 46.4. The smallest absolute Gasteiger partial charge is 0.220 e. The summed E-state index contributed by atoms with van der Waals surface area (Å²) in [4.78, 5) is 12.5. The van der Waals surface area contributed by atoms with Crippen LogP contribution in [-0.2, 0) is 4.79 Å². The van der Waals surface area contributed by atoms with Gasteiger partial charge in [0, 0.05) is 6.42 Å². The fraction of sp³-hybridized carbons (Fsp3) is 0.657. The molecule has 0 aromatic rings. The number of carbonyl (C=O) groups excluding carboxylic acids is 1. The van der Waals surface area contributed by atoms with Crippen LogP contribution in [0.5, 0.6) is 0 Å². The van der Waals surface area contributed by atoms with Crippen LogP contribution in [0.15, 0.2) is 134 Å². The molecule has 3 N–H and O–H groups in total. The summed E-state index contributed by atoms with van der Waals surface area (Å²) >= 11 is 0. The second kappa shape index (κ2) is 60.8. The van der Waals surface area contributed by atoms with E-state index in [1.165, 1.54) is 154 Å². The predicted octanol–water partition coefficient (Wildman–Crippen LogP) is 20.2. The molecule has 0 bridgehead atoms. The molecule has 0 rings (SSSR count). The number of carbonyl (C=O) groups is 1. The number of hydrogen-bond acceptors (Lipinski definition) is 3. The second-order valence-electron chi connectivity index (χ2n) is 19.7. The first kappa shape index (κ1) is 67.5. The molecule has 0 fully saturated rings. The van der Waals surface area contributed by atoms with E-state index in [4.69, 9.17) is 0 Å². The quantitative estimate of drug-likeness (QED) is 0.0420. The molecule has 0 radical (unpaired) electrons. The summed E-state index contributed by atoms with van der Waals surface area (Å²) in [6.07, 6.45) is 94.7. The van der Waals surface area contributed by atoms with Gasteiger partial charge in [-0.2, -0.15) is 0 Å². The monoisotopic (exact) mass is 980 g/mol. The lowest BCUT2D eigenvalue weighted by Gasteiger charge is -2.19. The van der Waals surface area contributed by atoms with Gasteiger partial charge in [-0.25, -0.2) is 0 Å². The van der Waals surface area contributed by atoms with Crippen LogP contribution < -0.4 is 5.32 Å². The molecule has 71 heavy (non-hydrogen) atoms. The first-order valence-corrected chi connectivity index (χ1v) is 29.9. The predicted molar refractivity (Wildman–Crippen MR) is 317 cm³/mol. The van der Waals surface area contributed by atoms with Gasteiger partial charge < -0.3 is 15.5 Å². The largest absolute Gasteiger partial charge is 0.394 e. The highest BCUT2D eigenvalue weighted by molar-refractivity contribution is 5.76. The maximum Gasteiger partial charge on any atom is 0.220 e. The summed E-state index contributed by atoms with van der Waals surface area (Å²) < 4.78 is 0. The number of allylic oxidation sites excluding steroid dienone is 21. The topological polar surface area (TPSA) is 69.6 Å². The lowest BCUT2D eigenvalue weighted by Crippen LogP contribution is -2.45. The van der Waals surface area contributed by atoms with E-state index >= 15 is 0 Å². The second-order valence-corrected chi connectivity index (χ2v) is 19.7. The van der Waals surface area contributed by atoms with Gasteiger partial charge in [-0.1, -0.05) is 282 Å². The molecule has 1 amide bonds. The molecule has 0 heterocycles. The fourth-order valence-electron chi connectivity index (χ4n) is 8.34. The van der Waals surface area contributed by atoms with E-state index in [0.717, 1.165) is 89.9 Å². The zero-order valence-corrected chi connectivity index (χ0v) is 46.4. The van der Waals surface area contributed by atoms with Crippen molar-refractivity contribution in [3.05, 3.63) is 134 Å². The third-order valence-corrected chi connectivity index (χ3v) is 12.8. The first-order valence-electron chi connectivity index (χ1n) is 29.9. The maximum atomic E-state index is 12.5. The van der Waals surface area contributed by atoms with E-state index in [2.05, 4.69) is 141 Å². The molecular weight excluding hydrogens is 867 g/mol. The van der Waals surface area contributed by atoms with Crippen molar-refractivity contribution in [3.63, 3.8) is 0 Å². The van der Waals surface area contributed by atoms with Crippen molar-refractivity contribution >= 4 is 5.91 Å². The molecule has 0 aliphatic heterocycles. The highest BCUT2D eigenvalue weighted by Crippen LogP contribution is 2.15. The SMILES string of the molecule is CC/C=C\C/C=C\C/C=C\C/C=C\C/C=C\C/C=C\C/C=C\C/C=C\CCCCCCCCCCCCCCC(=O)NC(CO)C(O)/C=C/CC/C=C/CC/C=C/CCCCCCCCCCCCCC. The van der Waals surface area contributed by atoms with Crippen LogP contribution in [0.2, 0.25) is 0 Å². The zero-order chi connectivity index (χ0) is 51.3. The standard InChI is InChI=1S/C67H113NO3/c1-3-5-7-9-11-13-15-17-19-21-23-25-27-28-29-30-31-32-33-34-35-36-37-38-39-40-41-43-45-47-49-51-53-55-57-59-61-63-67(71)68-65(64-69)66(70)62-60-58-56-54-52-50-48-46-44-42-26-24-22-20-18-16-14-12-10-8-6-4-2/h5,7,11,13,17,19,23,25,28-29,31-32,34-35,37-38,44,46,52,54,60,62,65-66,69-70H,3-4,6,8-10,12,14-16,18,20-22,24,26-27,30,33,36,39-43,45,47-51,53,55-59,61,63-64H2,1-2H3,(H,68,71)/b7-5-,13-11-,19-17-,25-23-,29-28-,32-31-,35-34-,38-37-,46-44+,54-52+,62-60+. The molecule has 0 aliphatic rings. The van der Waals surface area contributed by atoms with E-state index < -0.39 is 12.1 Å². The molecule has 0 saturated carbocycles. The van der Waals surface area contributed by atoms with Gasteiger partial charge in [0.25, 0.3) is 0 Å². The normalized spacial score (nSPS) is 13.8. The Hall–Kier alpha value is -3.47. The molecule has 4 heteroatoms. The number of aliphatic hydroxyl groups excluding tert-OH is 2. The van der Waals surface area contributed by atoms with Crippen molar-refractivity contribution in [1.82, 2.24) is 5.32 Å². The van der Waals surface area contributed by atoms with Crippen molar-refractivity contribution in [2.75, 3.05) is 6.61 Å². The van der Waals surface area contributed by atoms with E-state index in [-0.39, 0.29) is 12.5 Å². The molecule has 404 valence electrons. The van der Waals surface area contributed by atoms with Crippen LogP contribution in [-0.4, -0.2) is 34.9 Å². The Morgan fingerprint density at radius 3 is 0.986 bits per heavy atom. The van der Waals surface area contributed by atoms with Gasteiger partial charge in [0.1, 0.15) is 0 Å². The third kappa shape index (κ3) is 57.3. The first-order chi connectivity index (χ1) is 35.2. The van der Waals surface area contributed by atoms with E-state index in [1.807, 2.05) is 6.08 Å². The summed E-state index contributed by atoms with van der Waals surface area (Å²) in [6, 6.07) is -0.656. The molecule has 0 aromatic heterocycles. The molecule has 2 unspecified atom stereocenters. The van der Waals surface area contributed by atoms with E-state index in [1.54, 1.807) is 6.08 Å². The molecule has 4 nitrogen and oxygen atoms in total. The average molecular weight is 981 g/mol. The third-order valence-electron chi connectivity index (χ3n) is 12.8. The minimum atomic E-state index is -0.880. The van der Waals surface area contributed by atoms with Crippen molar-refractivity contribution in [2.24, 2.45) is 0 Å². The molecule has 0 aliphatic carbocycles. The Morgan fingerprint density at radius 2 is 0.634 bits per heavy atom. The molecule has 0 spiro atoms. The molecule has 2 atom stereocenters. The Labute approximate surface area is 441 Å². The van der Waals surface area contributed by atoms with Gasteiger partial charge in [-0.05, 0) is 109 Å². The van der Waals surface area contributed by atoms with Gasteiger partial charge in [-0.3, -0.25) is 4.79 Å². The van der Waals surface area contributed by atoms with Gasteiger partial charge in [0.05, 0.1) is 18.8 Å². The van der Waals surface area contributed by atoms with Crippen LogP contribution >= 0.6 is 0 Å². The number of hydrogen-bond donors (Lipinski definition) is 3. The highest BCUT2D eigenvalue weighted by atomic mass is 16.3. The molecule has 0 aromatic carbocycles. The Balaban J connectivity index is 3.61. The van der Waals surface area contributed by atoms with Crippen LogP contribution in [0, 0.1) is 0 Å². The van der Waals surface area contributed by atoms with Crippen LogP contribution in [0.25, 0.3) is 0 Å². The minimum absolute atomic E-state index is 0.0841. The average Bonchev–Trinajstić information content (AvgIpc) is 3.37. The van der Waals surface area contributed by atoms with E-state index in [0.29, 0.717) is 6.42 Å². The summed E-state index contributed by atoms with van der Waals surface area (Å²) in [5.74, 6) is -0.0841. The minimum Gasteiger partial charge on any atom is -0.394 e. The maximum absolute atomic E-state index is 12.5. The number of unbranched alkanes of at least 4 members (excludes halogenated alkanes) is 26. The highest BCUT2D eigenvalue weighted by Gasteiger charge is 2.18. The fourth-order valence-corrected chi connectivity index (χ4v) is 8.34. The van der Waals surface area contributed by atoms with Gasteiger partial charge >= 0.3 is 0 Å². The van der Waals surface area contributed by atoms with Crippen LogP contribution in [0.4, 0.5) is 0 Å². The van der Waals surface area contributed by atoms with Crippen LogP contribution in [0.1, 0.15) is 264 Å². The molecule has 0 saturated heterocycles. The van der Waals surface area contributed by atoms with Crippen molar-refractivity contribution in [1.29, 1.82) is 0 Å². The van der Waals surface area contributed by atoms with Gasteiger partial charge in [-0.15, -0.1) is 0 Å². The van der Waals surface area contributed by atoms with Gasteiger partial charge in [0.15, 0.2) is 0 Å². The van der Waals surface area contributed by atoms with Crippen molar-refractivity contribution < 1.29 is 15.0 Å². The van der Waals surface area contributed by atoms with Gasteiger partial charge in [0.2, 0.25) is 5.91 Å². The van der Waals surface area contributed by atoms with Crippen molar-refractivity contribution in [2.45, 2.75) is 276 Å². The van der Waals surface area contributed by atoms with E-state index in [9.17, 15) is 15.0 Å².